The third kappa shape index (κ3) is 3.92. The van der Waals surface area contributed by atoms with E-state index < -0.39 is 0 Å². The largest absolute Gasteiger partial charge is 0.360 e. The van der Waals surface area contributed by atoms with Gasteiger partial charge in [0.25, 0.3) is 5.91 Å². The molecule has 2 N–H and O–H groups in total. The van der Waals surface area contributed by atoms with E-state index in [4.69, 9.17) is 0 Å². The summed E-state index contributed by atoms with van der Waals surface area (Å²) in [5.74, 6) is -0.166. The van der Waals surface area contributed by atoms with E-state index in [0.717, 1.165) is 37.6 Å². The Morgan fingerprint density at radius 3 is 2.33 bits per heavy atom. The van der Waals surface area contributed by atoms with Crippen LogP contribution in [0.3, 0.4) is 0 Å². The minimum absolute atomic E-state index is 0.0476. The Bertz CT molecular complexity index is 667. The molecule has 1 fully saturated rings. The molecule has 0 spiro atoms. The zero-order chi connectivity index (χ0) is 16.9. The van der Waals surface area contributed by atoms with Crippen LogP contribution in [0.4, 0.5) is 15.8 Å². The molecule has 3 rings (SSSR count). The summed E-state index contributed by atoms with van der Waals surface area (Å²) in [5.41, 5.74) is 1.87. The van der Waals surface area contributed by atoms with Crippen LogP contribution in [0.25, 0.3) is 0 Å². The second kappa shape index (κ2) is 7.45. The number of hydrogen-bond acceptors (Lipinski definition) is 2. The fraction of sp³-hybridized carbons (Fsp3) is 0.316. The maximum atomic E-state index is 13.0. The maximum Gasteiger partial charge on any atom is 0.282 e. The minimum atomic E-state index is -0.214. The molecular weight excluding hydrogens is 305 g/mol. The number of rotatable bonds is 4. The Hall–Kier alpha value is -2.40. The molecule has 1 aliphatic heterocycles. The average molecular weight is 328 g/mol. The van der Waals surface area contributed by atoms with E-state index >= 15 is 0 Å². The van der Waals surface area contributed by atoms with Gasteiger partial charge in [-0.3, -0.25) is 4.79 Å². The van der Waals surface area contributed by atoms with Crippen molar-refractivity contribution in [3.05, 3.63) is 60.4 Å². The molecule has 0 saturated carbocycles. The van der Waals surface area contributed by atoms with E-state index in [2.05, 4.69) is 10.2 Å². The number of anilines is 2. The summed E-state index contributed by atoms with van der Waals surface area (Å²) < 4.78 is 13.0. The lowest BCUT2D eigenvalue weighted by Crippen LogP contribution is -3.19. The summed E-state index contributed by atoms with van der Waals surface area (Å²) >= 11 is 0. The van der Waals surface area contributed by atoms with Gasteiger partial charge in [-0.25, -0.2) is 4.39 Å². The lowest BCUT2D eigenvalue weighted by Gasteiger charge is -2.36. The number of piperazine rings is 1. The van der Waals surface area contributed by atoms with Crippen molar-refractivity contribution < 1.29 is 14.1 Å². The van der Waals surface area contributed by atoms with E-state index in [-0.39, 0.29) is 17.8 Å². The van der Waals surface area contributed by atoms with Crippen LogP contribution in [-0.2, 0) is 4.79 Å². The number of benzene rings is 2. The van der Waals surface area contributed by atoms with Gasteiger partial charge in [-0.05, 0) is 43.3 Å². The highest BCUT2D eigenvalue weighted by Crippen LogP contribution is 2.14. The predicted octanol–water partition coefficient (Wildman–Crippen LogP) is 1.56. The fourth-order valence-corrected chi connectivity index (χ4v) is 3.09. The molecule has 4 nitrogen and oxygen atoms in total. The van der Waals surface area contributed by atoms with Gasteiger partial charge < -0.3 is 15.1 Å². The number of amides is 1. The van der Waals surface area contributed by atoms with Crippen molar-refractivity contribution in [2.45, 2.75) is 13.0 Å². The van der Waals surface area contributed by atoms with Crippen molar-refractivity contribution in [3.8, 4) is 0 Å². The summed E-state index contributed by atoms with van der Waals surface area (Å²) in [4.78, 5) is 15.9. The van der Waals surface area contributed by atoms with Crippen molar-refractivity contribution in [2.24, 2.45) is 0 Å². The Balaban J connectivity index is 1.54. The zero-order valence-electron chi connectivity index (χ0n) is 13.8. The smallest absolute Gasteiger partial charge is 0.282 e. The van der Waals surface area contributed by atoms with Gasteiger partial charge in [0.15, 0.2) is 6.04 Å². The minimum Gasteiger partial charge on any atom is -0.360 e. The van der Waals surface area contributed by atoms with Crippen LogP contribution in [0.1, 0.15) is 6.92 Å². The van der Waals surface area contributed by atoms with Gasteiger partial charge in [-0.1, -0.05) is 18.2 Å². The number of hydrogen-bond donors (Lipinski definition) is 2. The van der Waals surface area contributed by atoms with Gasteiger partial charge in [0.2, 0.25) is 0 Å². The van der Waals surface area contributed by atoms with Crippen molar-refractivity contribution in [2.75, 3.05) is 36.4 Å². The zero-order valence-corrected chi connectivity index (χ0v) is 13.8. The van der Waals surface area contributed by atoms with E-state index in [1.807, 2.05) is 49.4 Å². The fourth-order valence-electron chi connectivity index (χ4n) is 3.09. The van der Waals surface area contributed by atoms with Gasteiger partial charge in [0.05, 0.1) is 26.2 Å². The molecule has 2 aromatic rings. The molecule has 0 aromatic heterocycles. The standard InChI is InChI=1S/C19H22FN3O/c1-15(19(24)21-17-5-3-2-4-6-17)22-11-13-23(14-12-22)18-9-7-16(20)8-10-18/h2-10,15H,11-14H2,1H3,(H,21,24)/p+1/t15-/m1/s1. The molecule has 5 heteroatoms. The number of carbonyl (C=O) groups is 1. The number of halogens is 1. The third-order valence-electron chi connectivity index (χ3n) is 4.64. The average Bonchev–Trinajstić information content (AvgIpc) is 2.63. The molecule has 0 bridgehead atoms. The SMILES string of the molecule is C[C@H](C(=O)Nc1ccccc1)[NH+]1CCN(c2ccc(F)cc2)CC1. The molecule has 2 aromatic carbocycles. The highest BCUT2D eigenvalue weighted by Gasteiger charge is 2.29. The number of carbonyl (C=O) groups excluding carboxylic acids is 1. The number of nitrogens with zero attached hydrogens (tertiary/aromatic N) is 1. The molecule has 0 unspecified atom stereocenters. The summed E-state index contributed by atoms with van der Waals surface area (Å²) in [5, 5.41) is 2.97. The molecule has 1 amide bonds. The molecule has 1 atom stereocenters. The van der Waals surface area contributed by atoms with Crippen LogP contribution in [0.5, 0.6) is 0 Å². The first-order chi connectivity index (χ1) is 11.6. The Kier molecular flexibility index (Phi) is 5.11. The summed E-state index contributed by atoms with van der Waals surface area (Å²) in [6.45, 7) is 5.48. The van der Waals surface area contributed by atoms with Crippen LogP contribution < -0.4 is 15.1 Å². The Labute approximate surface area is 141 Å². The van der Waals surface area contributed by atoms with Crippen LogP contribution in [0.2, 0.25) is 0 Å². The molecule has 0 radical (unpaired) electrons. The van der Waals surface area contributed by atoms with Crippen molar-refractivity contribution >= 4 is 17.3 Å². The molecular formula is C19H23FN3O+. The summed E-state index contributed by atoms with van der Waals surface area (Å²) in [6.07, 6.45) is 0. The monoisotopic (exact) mass is 328 g/mol. The molecule has 1 heterocycles. The van der Waals surface area contributed by atoms with Crippen molar-refractivity contribution in [1.29, 1.82) is 0 Å². The van der Waals surface area contributed by atoms with Crippen molar-refractivity contribution in [1.82, 2.24) is 0 Å². The molecule has 126 valence electrons. The molecule has 1 aliphatic rings. The first kappa shape index (κ1) is 16.5. The van der Waals surface area contributed by atoms with Gasteiger partial charge in [0.1, 0.15) is 5.82 Å². The lowest BCUT2D eigenvalue weighted by atomic mass is 10.2. The highest BCUT2D eigenvalue weighted by atomic mass is 19.1. The van der Waals surface area contributed by atoms with Gasteiger partial charge in [-0.15, -0.1) is 0 Å². The lowest BCUT2D eigenvalue weighted by molar-refractivity contribution is -0.914. The summed E-state index contributed by atoms with van der Waals surface area (Å²) in [7, 11) is 0. The maximum absolute atomic E-state index is 13.0. The van der Waals surface area contributed by atoms with Crippen molar-refractivity contribution in [3.63, 3.8) is 0 Å². The molecule has 0 aliphatic carbocycles. The van der Waals surface area contributed by atoms with Gasteiger partial charge in [0, 0.05) is 11.4 Å². The van der Waals surface area contributed by atoms with E-state index in [1.54, 1.807) is 0 Å². The molecule has 24 heavy (non-hydrogen) atoms. The second-order valence-electron chi connectivity index (χ2n) is 6.20. The Morgan fingerprint density at radius 2 is 1.71 bits per heavy atom. The predicted molar refractivity (Wildman–Crippen MR) is 93.8 cm³/mol. The van der Waals surface area contributed by atoms with Crippen LogP contribution in [0.15, 0.2) is 54.6 Å². The number of nitrogens with one attached hydrogen (secondary N) is 2. The number of para-hydroxylation sites is 1. The van der Waals surface area contributed by atoms with Crippen LogP contribution in [-0.4, -0.2) is 38.1 Å². The second-order valence-corrected chi connectivity index (χ2v) is 6.20. The first-order valence-corrected chi connectivity index (χ1v) is 8.34. The first-order valence-electron chi connectivity index (χ1n) is 8.34. The normalized spacial score (nSPS) is 16.7. The van der Waals surface area contributed by atoms with Crippen LogP contribution in [0, 0.1) is 5.82 Å². The van der Waals surface area contributed by atoms with Gasteiger partial charge >= 0.3 is 0 Å². The highest BCUT2D eigenvalue weighted by molar-refractivity contribution is 5.93. The van der Waals surface area contributed by atoms with E-state index in [1.165, 1.54) is 17.0 Å². The molecule has 1 saturated heterocycles. The Morgan fingerprint density at radius 1 is 1.08 bits per heavy atom. The number of quaternary nitrogens is 1. The topological polar surface area (TPSA) is 36.8 Å². The quantitative estimate of drug-likeness (QED) is 0.894. The van der Waals surface area contributed by atoms with E-state index in [9.17, 15) is 9.18 Å². The van der Waals surface area contributed by atoms with Crippen LogP contribution >= 0.6 is 0 Å². The van der Waals surface area contributed by atoms with Gasteiger partial charge in [-0.2, -0.15) is 0 Å². The van der Waals surface area contributed by atoms with E-state index in [0.29, 0.717) is 0 Å². The third-order valence-corrected chi connectivity index (χ3v) is 4.64. The summed E-state index contributed by atoms with van der Waals surface area (Å²) in [6, 6.07) is 16.0.